The fourth-order valence-corrected chi connectivity index (χ4v) is 8.26. The third-order valence-corrected chi connectivity index (χ3v) is 11.6. The molecule has 0 aliphatic carbocycles. The predicted octanol–water partition coefficient (Wildman–Crippen LogP) is 9.05. The highest BCUT2D eigenvalue weighted by Gasteiger charge is 2.49. The first-order valence-corrected chi connectivity index (χ1v) is 16.7. The second-order valence-corrected chi connectivity index (χ2v) is 14.4. The van der Waals surface area contributed by atoms with Crippen molar-refractivity contribution >= 4 is 27.3 Å². The van der Waals surface area contributed by atoms with E-state index in [1.54, 1.807) is 0 Å². The highest BCUT2D eigenvalue weighted by molar-refractivity contribution is 6.13. The van der Waals surface area contributed by atoms with E-state index in [0.29, 0.717) is 0 Å². The van der Waals surface area contributed by atoms with Gasteiger partial charge in [0.2, 0.25) is 0 Å². The molecule has 5 heterocycles. The topological polar surface area (TPSA) is 52.9 Å². The van der Waals surface area contributed by atoms with Crippen LogP contribution in [0.1, 0.15) is 74.3 Å². The molecule has 0 radical (unpaired) electrons. The zero-order valence-corrected chi connectivity index (χ0v) is 28.0. The number of para-hydroxylation sites is 1. The molecule has 0 bridgehead atoms. The van der Waals surface area contributed by atoms with Crippen molar-refractivity contribution in [3.63, 3.8) is 0 Å². The van der Waals surface area contributed by atoms with Crippen LogP contribution < -0.4 is 0 Å². The van der Waals surface area contributed by atoms with Crippen LogP contribution >= 0.6 is 0 Å². The second-order valence-electron chi connectivity index (χ2n) is 14.4. The summed E-state index contributed by atoms with van der Waals surface area (Å²) in [4.78, 5) is 5.73. The zero-order chi connectivity index (χ0) is 32.8. The average Bonchev–Trinajstić information content (AvgIpc) is 3.91. The third-order valence-electron chi connectivity index (χ3n) is 11.6. The van der Waals surface area contributed by atoms with Gasteiger partial charge in [0.05, 0.1) is 16.9 Å². The molecule has 1 aliphatic heterocycles. The molecule has 1 aliphatic rings. The molecule has 2 atom stereocenters. The zero-order valence-electron chi connectivity index (χ0n) is 28.0. The number of imidazole rings is 1. The summed E-state index contributed by atoms with van der Waals surface area (Å²) in [5, 5.41) is 13.2. The lowest BCUT2D eigenvalue weighted by molar-refractivity contribution is 0.284. The summed E-state index contributed by atoms with van der Waals surface area (Å²) in [5.74, 6) is 0. The van der Waals surface area contributed by atoms with Gasteiger partial charge < -0.3 is 0 Å². The summed E-state index contributed by atoms with van der Waals surface area (Å²) in [6, 6.07) is 38.9. The number of rotatable bonds is 6. The lowest BCUT2D eigenvalue weighted by Gasteiger charge is -2.46. The molecule has 236 valence electrons. The Balaban J connectivity index is 1.45. The average molecular weight is 627 g/mol. The Morgan fingerprint density at radius 2 is 1.38 bits per heavy atom. The molecule has 6 nitrogen and oxygen atoms in total. The SMILES string of the molecule is CC(c1ccccc1)(c1ccc2c(c1)c1nc([C@@H](c3ccccc3)n3cccn3)c3n1c1c(cccc21)C(C)(C)C3(C)C)n1cccn1. The van der Waals surface area contributed by atoms with Gasteiger partial charge in [-0.1, -0.05) is 119 Å². The Kier molecular flexibility index (Phi) is 5.99. The number of aromatic nitrogens is 6. The van der Waals surface area contributed by atoms with Crippen molar-refractivity contribution in [2.75, 3.05) is 0 Å². The maximum Gasteiger partial charge on any atom is 0.145 e. The van der Waals surface area contributed by atoms with Crippen LogP contribution in [0.4, 0.5) is 0 Å². The van der Waals surface area contributed by atoms with Gasteiger partial charge >= 0.3 is 0 Å². The predicted molar refractivity (Wildman–Crippen MR) is 193 cm³/mol. The molecule has 6 heteroatoms. The monoisotopic (exact) mass is 626 g/mol. The summed E-state index contributed by atoms with van der Waals surface area (Å²) in [7, 11) is 0. The molecule has 4 aromatic carbocycles. The van der Waals surface area contributed by atoms with Gasteiger partial charge in [-0.05, 0) is 52.8 Å². The number of benzene rings is 4. The molecule has 4 aromatic heterocycles. The van der Waals surface area contributed by atoms with Crippen LogP contribution in [0.5, 0.6) is 0 Å². The fourth-order valence-electron chi connectivity index (χ4n) is 8.26. The number of fused-ring (bicyclic) bond motifs is 3. The van der Waals surface area contributed by atoms with Crippen LogP contribution in [0.15, 0.2) is 134 Å². The van der Waals surface area contributed by atoms with E-state index < -0.39 is 5.54 Å². The van der Waals surface area contributed by atoms with Crippen molar-refractivity contribution in [3.8, 4) is 0 Å². The first kappa shape index (κ1) is 28.7. The molecular formula is C42H38N6. The normalized spacial score (nSPS) is 16.9. The van der Waals surface area contributed by atoms with Gasteiger partial charge in [-0.25, -0.2) is 4.98 Å². The number of hydrogen-bond donors (Lipinski definition) is 0. The standard InChI is InChI=1S/C42H38N6/c1-40(2)34-20-12-19-32-31-22-21-30(42(5,47-26-14-24-44-47)29-17-10-7-11-18-29)27-33(31)39-45-35(38(41(40,3)4)48(39)37(32)34)36(46-25-13-23-43-46)28-15-8-6-9-16-28/h6-27,36H,1-5H3/t36-,42?/m1/s1. The largest absolute Gasteiger partial charge is 0.295 e. The van der Waals surface area contributed by atoms with E-state index in [9.17, 15) is 0 Å². The molecule has 0 amide bonds. The van der Waals surface area contributed by atoms with Crippen molar-refractivity contribution in [1.82, 2.24) is 28.9 Å². The fraction of sp³-hybridized carbons (Fsp3) is 0.214. The first-order valence-electron chi connectivity index (χ1n) is 16.7. The summed E-state index contributed by atoms with van der Waals surface area (Å²) in [5.41, 5.74) is 8.35. The van der Waals surface area contributed by atoms with Gasteiger partial charge in [0, 0.05) is 46.4 Å². The second kappa shape index (κ2) is 10.0. The maximum absolute atomic E-state index is 5.73. The minimum atomic E-state index is -0.537. The third kappa shape index (κ3) is 3.71. The number of hydrogen-bond acceptors (Lipinski definition) is 3. The van der Waals surface area contributed by atoms with E-state index in [0.717, 1.165) is 27.9 Å². The van der Waals surface area contributed by atoms with Crippen molar-refractivity contribution in [2.45, 2.75) is 57.0 Å². The Morgan fingerprint density at radius 3 is 2.08 bits per heavy atom. The Labute approximate surface area is 280 Å². The smallest absolute Gasteiger partial charge is 0.145 e. The summed E-state index contributed by atoms with van der Waals surface area (Å²) >= 11 is 0. The lowest BCUT2D eigenvalue weighted by Crippen LogP contribution is -2.45. The van der Waals surface area contributed by atoms with Gasteiger partial charge in [0.25, 0.3) is 0 Å². The van der Waals surface area contributed by atoms with E-state index in [2.05, 4.69) is 158 Å². The number of pyridine rings is 1. The summed E-state index contributed by atoms with van der Waals surface area (Å²) in [6.07, 6.45) is 7.84. The highest BCUT2D eigenvalue weighted by atomic mass is 15.3. The van der Waals surface area contributed by atoms with E-state index in [4.69, 9.17) is 15.2 Å². The van der Waals surface area contributed by atoms with Gasteiger partial charge in [-0.3, -0.25) is 13.8 Å². The molecular weight excluding hydrogens is 589 g/mol. The molecule has 0 spiro atoms. The van der Waals surface area contributed by atoms with Crippen LogP contribution in [0.2, 0.25) is 0 Å². The molecule has 0 saturated carbocycles. The molecule has 1 unspecified atom stereocenters. The van der Waals surface area contributed by atoms with Crippen molar-refractivity contribution in [2.24, 2.45) is 0 Å². The van der Waals surface area contributed by atoms with Crippen LogP contribution in [0.25, 0.3) is 27.3 Å². The van der Waals surface area contributed by atoms with Crippen LogP contribution in [0.3, 0.4) is 0 Å². The van der Waals surface area contributed by atoms with E-state index in [-0.39, 0.29) is 16.9 Å². The number of nitrogens with zero attached hydrogens (tertiary/aromatic N) is 6. The molecule has 0 fully saturated rings. The lowest BCUT2D eigenvalue weighted by atomic mass is 9.60. The molecule has 8 aromatic rings. The van der Waals surface area contributed by atoms with Crippen LogP contribution in [-0.2, 0) is 16.4 Å². The van der Waals surface area contributed by atoms with Gasteiger partial charge in [-0.2, -0.15) is 10.2 Å². The van der Waals surface area contributed by atoms with Crippen molar-refractivity contribution in [1.29, 1.82) is 0 Å². The van der Waals surface area contributed by atoms with E-state index in [1.165, 1.54) is 33.1 Å². The van der Waals surface area contributed by atoms with Crippen molar-refractivity contribution in [3.05, 3.63) is 168 Å². The van der Waals surface area contributed by atoms with Gasteiger partial charge in [0.1, 0.15) is 17.2 Å². The molecule has 0 saturated heterocycles. The van der Waals surface area contributed by atoms with Crippen molar-refractivity contribution < 1.29 is 0 Å². The minimum Gasteiger partial charge on any atom is -0.295 e. The van der Waals surface area contributed by atoms with E-state index in [1.807, 2.05) is 24.5 Å². The Hall–Kier alpha value is -5.49. The summed E-state index contributed by atoms with van der Waals surface area (Å²) in [6.45, 7) is 11.8. The Morgan fingerprint density at radius 1 is 0.646 bits per heavy atom. The quantitative estimate of drug-likeness (QED) is 0.173. The Bertz CT molecular complexity index is 2450. The van der Waals surface area contributed by atoms with Crippen LogP contribution in [0, 0.1) is 0 Å². The van der Waals surface area contributed by atoms with Gasteiger partial charge in [-0.15, -0.1) is 0 Å². The van der Waals surface area contributed by atoms with Gasteiger partial charge in [0.15, 0.2) is 0 Å². The van der Waals surface area contributed by atoms with Crippen LogP contribution in [-0.4, -0.2) is 28.9 Å². The minimum absolute atomic E-state index is 0.171. The molecule has 0 N–H and O–H groups in total. The molecule has 48 heavy (non-hydrogen) atoms. The maximum atomic E-state index is 5.73. The summed E-state index contributed by atoms with van der Waals surface area (Å²) < 4.78 is 6.62. The highest BCUT2D eigenvalue weighted by Crippen LogP contribution is 2.53. The first-order chi connectivity index (χ1) is 23.2. The molecule has 9 rings (SSSR count). The van der Waals surface area contributed by atoms with E-state index >= 15 is 0 Å².